The van der Waals surface area contributed by atoms with Crippen LogP contribution in [-0.2, 0) is 14.3 Å². The smallest absolute Gasteiger partial charge is 0.419 e. The van der Waals surface area contributed by atoms with Gasteiger partial charge in [0.25, 0.3) is 9.70 Å². The molecule has 18 heavy (non-hydrogen) atoms. The monoisotopic (exact) mass is 315 g/mol. The summed E-state index contributed by atoms with van der Waals surface area (Å²) in [6, 6.07) is -0.905. The SMILES string of the molecule is CCOC(=O)C(=[N+]=[N-])C(CC)NC(=O)C(Cl)(Cl)Cl. The van der Waals surface area contributed by atoms with Crippen LogP contribution in [0.3, 0.4) is 0 Å². The van der Waals surface area contributed by atoms with Crippen LogP contribution < -0.4 is 5.32 Å². The van der Waals surface area contributed by atoms with Crippen molar-refractivity contribution in [2.24, 2.45) is 0 Å². The van der Waals surface area contributed by atoms with Crippen molar-refractivity contribution < 1.29 is 19.1 Å². The van der Waals surface area contributed by atoms with E-state index < -0.39 is 21.7 Å². The molecule has 0 radical (unpaired) electrons. The highest BCUT2D eigenvalue weighted by atomic mass is 35.6. The minimum atomic E-state index is -2.16. The Morgan fingerprint density at radius 2 is 1.94 bits per heavy atom. The van der Waals surface area contributed by atoms with E-state index in [0.29, 0.717) is 0 Å². The standard InChI is InChI=1S/C9H12Cl3N3O3/c1-3-5(14-8(17)9(10,11)12)6(15-13)7(16)18-4-2/h5H,3-4H2,1-2H3,(H,14,17). The van der Waals surface area contributed by atoms with Gasteiger partial charge in [-0.25, -0.2) is 4.79 Å². The van der Waals surface area contributed by atoms with Crippen LogP contribution in [0.25, 0.3) is 5.53 Å². The van der Waals surface area contributed by atoms with E-state index in [1.807, 2.05) is 0 Å². The number of rotatable bonds is 5. The molecule has 0 aromatic carbocycles. The molecule has 0 aliphatic rings. The third-order valence-corrected chi connectivity index (χ3v) is 2.41. The largest absolute Gasteiger partial charge is 0.457 e. The second kappa shape index (κ2) is 7.59. The summed E-state index contributed by atoms with van der Waals surface area (Å²) in [6.45, 7) is 3.34. The average Bonchev–Trinajstić information content (AvgIpc) is 2.27. The summed E-state index contributed by atoms with van der Waals surface area (Å²) >= 11 is 16.1. The molecule has 102 valence electrons. The molecule has 1 N–H and O–H groups in total. The Kier molecular flexibility index (Phi) is 7.25. The molecule has 1 unspecified atom stereocenters. The lowest BCUT2D eigenvalue weighted by Crippen LogP contribution is -2.48. The van der Waals surface area contributed by atoms with E-state index in [1.165, 1.54) is 0 Å². The normalized spacial score (nSPS) is 12.3. The summed E-state index contributed by atoms with van der Waals surface area (Å²) in [6.07, 6.45) is 0.255. The zero-order chi connectivity index (χ0) is 14.3. The number of esters is 1. The van der Waals surface area contributed by atoms with Crippen LogP contribution in [0.5, 0.6) is 0 Å². The number of hydrogen-bond donors (Lipinski definition) is 1. The van der Waals surface area contributed by atoms with Crippen molar-refractivity contribution in [2.75, 3.05) is 6.61 Å². The first-order valence-corrected chi connectivity index (χ1v) is 6.18. The Morgan fingerprint density at radius 1 is 1.39 bits per heavy atom. The third-order valence-electron chi connectivity index (χ3n) is 1.89. The maximum atomic E-state index is 11.4. The molecule has 0 aromatic heterocycles. The zero-order valence-corrected chi connectivity index (χ0v) is 12.0. The molecule has 0 spiro atoms. The molecule has 0 saturated carbocycles. The van der Waals surface area contributed by atoms with Crippen molar-refractivity contribution in [1.29, 1.82) is 0 Å². The van der Waals surface area contributed by atoms with Crippen molar-refractivity contribution >= 4 is 52.4 Å². The predicted octanol–water partition coefficient (Wildman–Crippen LogP) is 1.49. The Balaban J connectivity index is 4.92. The van der Waals surface area contributed by atoms with Crippen molar-refractivity contribution in [3.63, 3.8) is 0 Å². The topological polar surface area (TPSA) is 91.8 Å². The summed E-state index contributed by atoms with van der Waals surface area (Å²) in [4.78, 5) is 25.7. The molecule has 1 atom stereocenters. The maximum absolute atomic E-state index is 11.4. The molecule has 0 rings (SSSR count). The van der Waals surface area contributed by atoms with Crippen molar-refractivity contribution in [3.05, 3.63) is 5.53 Å². The first-order valence-electron chi connectivity index (χ1n) is 5.04. The average molecular weight is 317 g/mol. The second-order valence-corrected chi connectivity index (χ2v) is 5.42. The fraction of sp³-hybridized carbons (Fsp3) is 0.667. The number of ether oxygens (including phenoxy) is 1. The van der Waals surface area contributed by atoms with Crippen LogP contribution in [0, 0.1) is 0 Å². The van der Waals surface area contributed by atoms with E-state index >= 15 is 0 Å². The lowest BCUT2D eigenvalue weighted by Gasteiger charge is -2.16. The molecule has 9 heteroatoms. The van der Waals surface area contributed by atoms with Gasteiger partial charge in [0.2, 0.25) is 0 Å². The van der Waals surface area contributed by atoms with Crippen LogP contribution in [0.1, 0.15) is 20.3 Å². The van der Waals surface area contributed by atoms with Crippen LogP contribution >= 0.6 is 34.8 Å². The molecule has 0 aliphatic heterocycles. The summed E-state index contributed by atoms with van der Waals surface area (Å²) in [5.41, 5.74) is 8.42. The van der Waals surface area contributed by atoms with Crippen LogP contribution in [0.2, 0.25) is 0 Å². The third kappa shape index (κ3) is 5.23. The van der Waals surface area contributed by atoms with Crippen molar-refractivity contribution in [3.8, 4) is 0 Å². The molecule has 0 aromatic rings. The van der Waals surface area contributed by atoms with E-state index in [0.717, 1.165) is 0 Å². The fourth-order valence-corrected chi connectivity index (χ4v) is 1.23. The zero-order valence-electron chi connectivity index (χ0n) is 9.74. The fourth-order valence-electron chi connectivity index (χ4n) is 1.06. The number of nitrogens with zero attached hydrogens (tertiary/aromatic N) is 2. The molecule has 0 fully saturated rings. The highest BCUT2D eigenvalue weighted by Gasteiger charge is 2.38. The van der Waals surface area contributed by atoms with Crippen LogP contribution in [0.15, 0.2) is 0 Å². The Hall–Kier alpha value is -0.810. The predicted molar refractivity (Wildman–Crippen MR) is 67.8 cm³/mol. The first kappa shape index (κ1) is 17.2. The minimum Gasteiger partial charge on any atom is -0.457 e. The van der Waals surface area contributed by atoms with Gasteiger partial charge >= 0.3 is 11.7 Å². The molecule has 0 aliphatic carbocycles. The van der Waals surface area contributed by atoms with Gasteiger partial charge in [0, 0.05) is 0 Å². The van der Waals surface area contributed by atoms with Gasteiger partial charge in [0.15, 0.2) is 0 Å². The molecular weight excluding hydrogens is 304 g/mol. The van der Waals surface area contributed by atoms with Crippen LogP contribution in [-0.4, -0.2) is 38.8 Å². The molecule has 1 amide bonds. The van der Waals surface area contributed by atoms with Gasteiger partial charge in [-0.3, -0.25) is 4.79 Å². The van der Waals surface area contributed by atoms with Gasteiger partial charge in [-0.15, -0.1) is 0 Å². The Morgan fingerprint density at radius 3 is 2.28 bits per heavy atom. The quantitative estimate of drug-likeness (QED) is 0.274. The summed E-state index contributed by atoms with van der Waals surface area (Å²) in [5.74, 6) is -1.78. The van der Waals surface area contributed by atoms with E-state index in [2.05, 4.69) is 14.8 Å². The number of amides is 1. The Labute approximate surface area is 119 Å². The molecule has 6 nitrogen and oxygen atoms in total. The molecule has 0 bridgehead atoms. The van der Waals surface area contributed by atoms with E-state index in [4.69, 9.17) is 40.3 Å². The number of alkyl halides is 3. The molecule has 0 saturated heterocycles. The van der Waals surface area contributed by atoms with E-state index in [1.54, 1.807) is 13.8 Å². The van der Waals surface area contributed by atoms with Gasteiger partial charge in [0.1, 0.15) is 6.04 Å². The molecule has 0 heterocycles. The van der Waals surface area contributed by atoms with Crippen molar-refractivity contribution in [2.45, 2.75) is 30.1 Å². The number of hydrogen-bond acceptors (Lipinski definition) is 3. The minimum absolute atomic E-state index is 0.104. The van der Waals surface area contributed by atoms with Gasteiger partial charge < -0.3 is 15.6 Å². The summed E-state index contributed by atoms with van der Waals surface area (Å²) in [7, 11) is 0. The molecular formula is C9H12Cl3N3O3. The maximum Gasteiger partial charge on any atom is 0.419 e. The van der Waals surface area contributed by atoms with Crippen LogP contribution in [0.4, 0.5) is 0 Å². The van der Waals surface area contributed by atoms with Gasteiger partial charge in [-0.1, -0.05) is 41.7 Å². The highest BCUT2D eigenvalue weighted by molar-refractivity contribution is 6.76. The number of carbonyl (C=O) groups is 2. The highest BCUT2D eigenvalue weighted by Crippen LogP contribution is 2.26. The lowest BCUT2D eigenvalue weighted by molar-refractivity contribution is -0.140. The summed E-state index contributed by atoms with van der Waals surface area (Å²) in [5, 5.41) is 2.27. The number of halogens is 3. The first-order chi connectivity index (χ1) is 8.27. The van der Waals surface area contributed by atoms with Gasteiger partial charge in [0.05, 0.1) is 6.61 Å². The van der Waals surface area contributed by atoms with E-state index in [9.17, 15) is 9.59 Å². The lowest BCUT2D eigenvalue weighted by atomic mass is 10.1. The number of nitrogens with one attached hydrogen (secondary N) is 1. The second-order valence-electron chi connectivity index (χ2n) is 3.14. The Bertz CT molecular complexity index is 375. The summed E-state index contributed by atoms with van der Waals surface area (Å²) < 4.78 is 2.50. The number of carbonyl (C=O) groups excluding carboxylic acids is 2. The van der Waals surface area contributed by atoms with Gasteiger partial charge in [-0.05, 0) is 13.3 Å². The van der Waals surface area contributed by atoms with E-state index in [-0.39, 0.29) is 18.7 Å². The van der Waals surface area contributed by atoms with Gasteiger partial charge in [-0.2, -0.15) is 4.79 Å². The van der Waals surface area contributed by atoms with Crippen molar-refractivity contribution in [1.82, 2.24) is 5.32 Å².